The molecule has 0 aliphatic carbocycles. The summed E-state index contributed by atoms with van der Waals surface area (Å²) in [6.07, 6.45) is 1.41. The van der Waals surface area contributed by atoms with Gasteiger partial charge in [0.05, 0.1) is 6.61 Å². The minimum Gasteiger partial charge on any atom is -0.494 e. The zero-order valence-electron chi connectivity index (χ0n) is 9.60. The molecule has 4 nitrogen and oxygen atoms in total. The molecule has 1 aromatic rings. The highest BCUT2D eigenvalue weighted by Crippen LogP contribution is 2.11. The van der Waals surface area contributed by atoms with Crippen LogP contribution >= 0.6 is 0 Å². The second-order valence-corrected chi connectivity index (χ2v) is 3.24. The van der Waals surface area contributed by atoms with Crippen molar-refractivity contribution in [1.82, 2.24) is 5.32 Å². The van der Waals surface area contributed by atoms with E-state index in [9.17, 15) is 0 Å². The Morgan fingerprint density at radius 2 is 1.94 bits per heavy atom. The Hall–Kier alpha value is -2.46. The highest BCUT2D eigenvalue weighted by atomic mass is 16.5. The van der Waals surface area contributed by atoms with Gasteiger partial charge in [0.2, 0.25) is 0 Å². The van der Waals surface area contributed by atoms with Crippen molar-refractivity contribution in [1.29, 1.82) is 10.5 Å². The lowest BCUT2D eigenvalue weighted by molar-refractivity contribution is 0.340. The van der Waals surface area contributed by atoms with Crippen LogP contribution in [0.2, 0.25) is 0 Å². The molecular formula is C13H13N3O. The van der Waals surface area contributed by atoms with Gasteiger partial charge in [0.1, 0.15) is 23.5 Å². The molecule has 0 bridgehead atoms. The highest BCUT2D eigenvalue weighted by Gasteiger charge is 1.94. The summed E-state index contributed by atoms with van der Waals surface area (Å²) in [7, 11) is 0. The van der Waals surface area contributed by atoms with Gasteiger partial charge >= 0.3 is 0 Å². The number of allylic oxidation sites excluding steroid dienone is 1. The second-order valence-electron chi connectivity index (χ2n) is 3.24. The normalized spacial score (nSPS) is 8.65. The highest BCUT2D eigenvalue weighted by molar-refractivity contribution is 5.34. The minimum atomic E-state index is 0.0657. The van der Waals surface area contributed by atoms with Crippen molar-refractivity contribution in [2.45, 2.75) is 13.5 Å². The SMILES string of the molecule is CCOc1ccc(CNC=C(C#N)C#N)cc1. The molecule has 0 fully saturated rings. The molecule has 0 saturated carbocycles. The van der Waals surface area contributed by atoms with Gasteiger partial charge in [0.25, 0.3) is 0 Å². The average molecular weight is 227 g/mol. The first-order chi connectivity index (χ1) is 8.30. The lowest BCUT2D eigenvalue weighted by Gasteiger charge is -2.04. The maximum Gasteiger partial charge on any atom is 0.145 e. The Labute approximate surface area is 101 Å². The van der Waals surface area contributed by atoms with Crippen LogP contribution in [0.5, 0.6) is 5.75 Å². The van der Waals surface area contributed by atoms with Crippen molar-refractivity contribution in [3.05, 3.63) is 41.6 Å². The van der Waals surface area contributed by atoms with Gasteiger partial charge in [-0.25, -0.2) is 0 Å². The summed E-state index contributed by atoms with van der Waals surface area (Å²) in [5, 5.41) is 19.9. The molecule has 1 aromatic carbocycles. The van der Waals surface area contributed by atoms with Crippen LogP contribution in [0.25, 0.3) is 0 Å². The van der Waals surface area contributed by atoms with Crippen LogP contribution in [0.1, 0.15) is 12.5 Å². The topological polar surface area (TPSA) is 68.8 Å². The van der Waals surface area contributed by atoms with Crippen LogP contribution in [0.3, 0.4) is 0 Å². The van der Waals surface area contributed by atoms with E-state index in [2.05, 4.69) is 5.32 Å². The third-order valence-corrected chi connectivity index (χ3v) is 2.03. The second kappa shape index (κ2) is 6.92. The zero-order chi connectivity index (χ0) is 12.5. The number of hydrogen-bond acceptors (Lipinski definition) is 4. The standard InChI is InChI=1S/C13H13N3O/c1-2-17-13-5-3-11(4-6-13)9-16-10-12(7-14)8-15/h3-6,10,16H,2,9H2,1H3. The molecule has 0 aromatic heterocycles. The Balaban J connectivity index is 2.51. The number of ether oxygens (including phenoxy) is 1. The number of nitrogens with one attached hydrogen (secondary N) is 1. The summed E-state index contributed by atoms with van der Waals surface area (Å²) in [5.74, 6) is 0.835. The molecule has 0 radical (unpaired) electrons. The molecule has 86 valence electrons. The van der Waals surface area contributed by atoms with Crippen LogP contribution in [0.15, 0.2) is 36.0 Å². The van der Waals surface area contributed by atoms with Gasteiger partial charge in [0.15, 0.2) is 0 Å². The number of rotatable bonds is 5. The van der Waals surface area contributed by atoms with E-state index < -0.39 is 0 Å². The molecule has 0 atom stereocenters. The zero-order valence-corrected chi connectivity index (χ0v) is 9.60. The summed E-state index contributed by atoms with van der Waals surface area (Å²) >= 11 is 0. The van der Waals surface area contributed by atoms with Crippen molar-refractivity contribution >= 4 is 0 Å². The Morgan fingerprint density at radius 1 is 1.29 bits per heavy atom. The van der Waals surface area contributed by atoms with E-state index in [1.54, 1.807) is 12.1 Å². The summed E-state index contributed by atoms with van der Waals surface area (Å²) in [6, 6.07) is 11.2. The van der Waals surface area contributed by atoms with Gasteiger partial charge in [-0.2, -0.15) is 10.5 Å². The Kier molecular flexibility index (Phi) is 5.13. The average Bonchev–Trinajstić information content (AvgIpc) is 2.37. The van der Waals surface area contributed by atoms with Crippen molar-refractivity contribution < 1.29 is 4.74 Å². The van der Waals surface area contributed by atoms with E-state index in [4.69, 9.17) is 15.3 Å². The molecule has 0 heterocycles. The first-order valence-electron chi connectivity index (χ1n) is 5.25. The van der Waals surface area contributed by atoms with Gasteiger partial charge in [-0.05, 0) is 24.6 Å². The van der Waals surface area contributed by atoms with Crippen LogP contribution in [-0.2, 0) is 6.54 Å². The van der Waals surface area contributed by atoms with Crippen LogP contribution in [0, 0.1) is 22.7 Å². The van der Waals surface area contributed by atoms with E-state index >= 15 is 0 Å². The third-order valence-electron chi connectivity index (χ3n) is 2.03. The first kappa shape index (κ1) is 12.6. The predicted molar refractivity (Wildman–Crippen MR) is 63.8 cm³/mol. The smallest absolute Gasteiger partial charge is 0.145 e. The largest absolute Gasteiger partial charge is 0.494 e. The molecule has 0 spiro atoms. The third kappa shape index (κ3) is 4.27. The Morgan fingerprint density at radius 3 is 2.47 bits per heavy atom. The van der Waals surface area contributed by atoms with Crippen LogP contribution in [-0.4, -0.2) is 6.61 Å². The number of hydrogen-bond donors (Lipinski definition) is 1. The predicted octanol–water partition coefficient (Wildman–Crippen LogP) is 2.11. The monoisotopic (exact) mass is 227 g/mol. The van der Waals surface area contributed by atoms with Gasteiger partial charge in [-0.3, -0.25) is 0 Å². The maximum absolute atomic E-state index is 8.52. The van der Waals surface area contributed by atoms with Gasteiger partial charge in [-0.1, -0.05) is 12.1 Å². The molecule has 0 aliphatic heterocycles. The van der Waals surface area contributed by atoms with E-state index in [0.717, 1.165) is 11.3 Å². The van der Waals surface area contributed by atoms with Crippen LogP contribution in [0.4, 0.5) is 0 Å². The summed E-state index contributed by atoms with van der Waals surface area (Å²) in [6.45, 7) is 3.15. The van der Waals surface area contributed by atoms with E-state index in [1.165, 1.54) is 6.20 Å². The number of benzene rings is 1. The molecule has 1 N–H and O–H groups in total. The molecule has 4 heteroatoms. The molecule has 0 unspecified atom stereocenters. The quantitative estimate of drug-likeness (QED) is 0.782. The fraction of sp³-hybridized carbons (Fsp3) is 0.231. The Bertz CT molecular complexity index is 447. The van der Waals surface area contributed by atoms with Crippen molar-refractivity contribution in [3.8, 4) is 17.9 Å². The van der Waals surface area contributed by atoms with E-state index in [1.807, 2.05) is 31.2 Å². The number of nitrogens with zero attached hydrogens (tertiary/aromatic N) is 2. The van der Waals surface area contributed by atoms with Gasteiger partial charge in [-0.15, -0.1) is 0 Å². The molecule has 0 saturated heterocycles. The maximum atomic E-state index is 8.52. The van der Waals surface area contributed by atoms with Crippen molar-refractivity contribution in [2.24, 2.45) is 0 Å². The van der Waals surface area contributed by atoms with Crippen molar-refractivity contribution in [2.75, 3.05) is 6.61 Å². The molecule has 1 rings (SSSR count). The van der Waals surface area contributed by atoms with Gasteiger partial charge in [0, 0.05) is 12.7 Å². The fourth-order valence-corrected chi connectivity index (χ4v) is 1.23. The van der Waals surface area contributed by atoms with Gasteiger partial charge < -0.3 is 10.1 Å². The van der Waals surface area contributed by atoms with E-state index in [0.29, 0.717) is 13.2 Å². The fourth-order valence-electron chi connectivity index (χ4n) is 1.23. The van der Waals surface area contributed by atoms with Crippen LogP contribution < -0.4 is 10.1 Å². The minimum absolute atomic E-state index is 0.0657. The number of nitriles is 2. The molecule has 0 aliphatic rings. The summed E-state index contributed by atoms with van der Waals surface area (Å²) in [4.78, 5) is 0. The van der Waals surface area contributed by atoms with E-state index in [-0.39, 0.29) is 5.57 Å². The molecule has 0 amide bonds. The lowest BCUT2D eigenvalue weighted by Crippen LogP contribution is -2.05. The molecular weight excluding hydrogens is 214 g/mol. The first-order valence-corrected chi connectivity index (χ1v) is 5.25. The van der Waals surface area contributed by atoms with Crippen molar-refractivity contribution in [3.63, 3.8) is 0 Å². The lowest BCUT2D eigenvalue weighted by atomic mass is 10.2. The molecule has 17 heavy (non-hydrogen) atoms. The summed E-state index contributed by atoms with van der Waals surface area (Å²) in [5.41, 5.74) is 1.12. The summed E-state index contributed by atoms with van der Waals surface area (Å²) < 4.78 is 5.32.